The van der Waals surface area contributed by atoms with E-state index in [1.54, 1.807) is 0 Å². The molecule has 1 aliphatic heterocycles. The lowest BCUT2D eigenvalue weighted by Crippen LogP contribution is -2.64. The first-order chi connectivity index (χ1) is 16.6. The summed E-state index contributed by atoms with van der Waals surface area (Å²) < 4.78 is 30.0. The van der Waals surface area contributed by atoms with Crippen molar-refractivity contribution in [1.29, 1.82) is 0 Å². The van der Waals surface area contributed by atoms with Crippen molar-refractivity contribution in [2.45, 2.75) is 77.0 Å². The molecule has 0 aromatic heterocycles. The van der Waals surface area contributed by atoms with E-state index < -0.39 is 36.6 Å². The summed E-state index contributed by atoms with van der Waals surface area (Å²) in [5, 5.41) is 0. The van der Waals surface area contributed by atoms with Gasteiger partial charge in [-0.2, -0.15) is 0 Å². The number of benzene rings is 2. The fraction of sp³-hybridized carbons (Fsp3) is 0.519. The SMILES string of the molecule is CCCCCO[C@@H]1O[C@H](COCc2ccccc2)[C@@H](OC(C)=O)[C@H](OCc2ccccc2)[C@H]1N. The summed E-state index contributed by atoms with van der Waals surface area (Å²) in [4.78, 5) is 12.0. The molecule has 2 N–H and O–H groups in total. The molecule has 7 heteroatoms. The maximum atomic E-state index is 12.0. The predicted octanol–water partition coefficient (Wildman–Crippen LogP) is 3.98. The highest BCUT2D eigenvalue weighted by atomic mass is 16.7. The van der Waals surface area contributed by atoms with Gasteiger partial charge in [-0.05, 0) is 17.5 Å². The second-order valence-corrected chi connectivity index (χ2v) is 8.53. The molecule has 1 heterocycles. The molecule has 34 heavy (non-hydrogen) atoms. The van der Waals surface area contributed by atoms with Gasteiger partial charge in [-0.25, -0.2) is 0 Å². The van der Waals surface area contributed by atoms with Gasteiger partial charge in [0.1, 0.15) is 12.2 Å². The third kappa shape index (κ3) is 8.18. The molecule has 0 radical (unpaired) electrons. The van der Waals surface area contributed by atoms with Crippen LogP contribution in [0, 0.1) is 0 Å². The van der Waals surface area contributed by atoms with Crippen LogP contribution in [0.25, 0.3) is 0 Å². The largest absolute Gasteiger partial charge is 0.457 e. The van der Waals surface area contributed by atoms with Crippen molar-refractivity contribution in [3.8, 4) is 0 Å². The minimum absolute atomic E-state index is 0.208. The van der Waals surface area contributed by atoms with E-state index in [1.807, 2.05) is 60.7 Å². The van der Waals surface area contributed by atoms with Gasteiger partial charge < -0.3 is 29.4 Å². The number of hydrogen-bond donors (Lipinski definition) is 1. The molecule has 0 spiro atoms. The number of carbonyl (C=O) groups is 1. The van der Waals surface area contributed by atoms with Gasteiger partial charge in [-0.15, -0.1) is 0 Å². The highest BCUT2D eigenvalue weighted by molar-refractivity contribution is 5.66. The third-order valence-corrected chi connectivity index (χ3v) is 5.70. The lowest BCUT2D eigenvalue weighted by atomic mass is 9.97. The minimum atomic E-state index is -0.720. The van der Waals surface area contributed by atoms with Gasteiger partial charge in [-0.1, -0.05) is 80.4 Å². The normalized spacial score (nSPS) is 24.6. The van der Waals surface area contributed by atoms with Gasteiger partial charge in [0, 0.05) is 13.5 Å². The Kier molecular flexibility index (Phi) is 11.0. The quantitative estimate of drug-likeness (QED) is 0.349. The first-order valence-corrected chi connectivity index (χ1v) is 12.1. The molecule has 1 aliphatic rings. The van der Waals surface area contributed by atoms with Crippen molar-refractivity contribution in [2.24, 2.45) is 5.73 Å². The summed E-state index contributed by atoms with van der Waals surface area (Å²) in [5.41, 5.74) is 8.59. The van der Waals surface area contributed by atoms with Crippen molar-refractivity contribution in [3.63, 3.8) is 0 Å². The monoisotopic (exact) mass is 471 g/mol. The first-order valence-electron chi connectivity index (χ1n) is 12.1. The van der Waals surface area contributed by atoms with Crippen LogP contribution in [0.3, 0.4) is 0 Å². The number of hydrogen-bond acceptors (Lipinski definition) is 7. The number of carbonyl (C=O) groups excluding carboxylic acids is 1. The molecular formula is C27H37NO6. The van der Waals surface area contributed by atoms with E-state index in [0.29, 0.717) is 19.8 Å². The summed E-state index contributed by atoms with van der Waals surface area (Å²) in [6, 6.07) is 19.0. The van der Waals surface area contributed by atoms with Crippen molar-refractivity contribution >= 4 is 5.97 Å². The van der Waals surface area contributed by atoms with Crippen molar-refractivity contribution in [2.75, 3.05) is 13.2 Å². The molecule has 5 atom stereocenters. The van der Waals surface area contributed by atoms with Gasteiger partial charge in [0.25, 0.3) is 0 Å². The zero-order valence-electron chi connectivity index (χ0n) is 20.1. The molecule has 1 fully saturated rings. The number of ether oxygens (including phenoxy) is 5. The van der Waals surface area contributed by atoms with Gasteiger partial charge in [0.15, 0.2) is 12.4 Å². The molecular weight excluding hydrogens is 434 g/mol. The zero-order valence-corrected chi connectivity index (χ0v) is 20.1. The fourth-order valence-electron chi connectivity index (χ4n) is 3.94. The molecule has 0 saturated carbocycles. The predicted molar refractivity (Wildman–Crippen MR) is 129 cm³/mol. The Morgan fingerprint density at radius 3 is 2.18 bits per heavy atom. The molecule has 1 saturated heterocycles. The van der Waals surface area contributed by atoms with Crippen LogP contribution in [0.4, 0.5) is 0 Å². The van der Waals surface area contributed by atoms with E-state index in [0.717, 1.165) is 30.4 Å². The zero-order chi connectivity index (χ0) is 24.2. The van der Waals surface area contributed by atoms with E-state index in [-0.39, 0.29) is 6.61 Å². The molecule has 0 aliphatic carbocycles. The molecule has 7 nitrogen and oxygen atoms in total. The average Bonchev–Trinajstić information content (AvgIpc) is 2.84. The van der Waals surface area contributed by atoms with Crippen LogP contribution >= 0.6 is 0 Å². The van der Waals surface area contributed by atoms with Gasteiger partial charge in [-0.3, -0.25) is 4.79 Å². The van der Waals surface area contributed by atoms with Crippen LogP contribution < -0.4 is 5.73 Å². The smallest absolute Gasteiger partial charge is 0.303 e. The summed E-state index contributed by atoms with van der Waals surface area (Å²) in [5.74, 6) is -0.426. The molecule has 2 aromatic rings. The Balaban J connectivity index is 1.72. The van der Waals surface area contributed by atoms with Gasteiger partial charge >= 0.3 is 5.97 Å². The van der Waals surface area contributed by atoms with E-state index in [2.05, 4.69) is 6.92 Å². The first kappa shape index (κ1) is 26.3. The summed E-state index contributed by atoms with van der Waals surface area (Å²) in [6.07, 6.45) is 0.478. The standard InChI is InChI=1S/C27H37NO6/c1-3-4-11-16-31-27-24(28)26(32-18-22-14-9-6-10-15-22)25(33-20(2)29)23(34-27)19-30-17-21-12-7-5-8-13-21/h5-10,12-15,23-27H,3-4,11,16-19,28H2,1-2H3/t23-,24-,25-,26-,27-/m1/s1. The van der Waals surface area contributed by atoms with Crippen LogP contribution in [0.5, 0.6) is 0 Å². The van der Waals surface area contributed by atoms with Gasteiger partial charge in [0.2, 0.25) is 0 Å². The summed E-state index contributed by atoms with van der Waals surface area (Å²) in [7, 11) is 0. The maximum absolute atomic E-state index is 12.0. The fourth-order valence-corrected chi connectivity index (χ4v) is 3.94. The minimum Gasteiger partial charge on any atom is -0.457 e. The lowest BCUT2D eigenvalue weighted by molar-refractivity contribution is -0.280. The number of esters is 1. The summed E-state index contributed by atoms with van der Waals surface area (Å²) >= 11 is 0. The Bertz CT molecular complexity index is 834. The molecule has 0 bridgehead atoms. The van der Waals surface area contributed by atoms with E-state index >= 15 is 0 Å². The molecule has 3 rings (SSSR count). The van der Waals surface area contributed by atoms with Gasteiger partial charge in [0.05, 0.1) is 25.9 Å². The van der Waals surface area contributed by atoms with Crippen molar-refractivity contribution < 1.29 is 28.5 Å². The molecule has 186 valence electrons. The topological polar surface area (TPSA) is 89.2 Å². The van der Waals surface area contributed by atoms with Crippen LogP contribution in [0.1, 0.15) is 44.2 Å². The highest BCUT2D eigenvalue weighted by Gasteiger charge is 2.47. The second-order valence-electron chi connectivity index (χ2n) is 8.53. The van der Waals surface area contributed by atoms with Crippen LogP contribution in [0.2, 0.25) is 0 Å². The number of unbranched alkanes of at least 4 members (excludes halogenated alkanes) is 2. The summed E-state index contributed by atoms with van der Waals surface area (Å²) in [6.45, 7) is 5.00. The maximum Gasteiger partial charge on any atom is 0.303 e. The average molecular weight is 472 g/mol. The second kappa shape index (κ2) is 14.2. The Morgan fingerprint density at radius 2 is 1.56 bits per heavy atom. The van der Waals surface area contributed by atoms with Crippen LogP contribution in [-0.4, -0.2) is 49.8 Å². The third-order valence-electron chi connectivity index (χ3n) is 5.70. The number of nitrogens with two attached hydrogens (primary N) is 1. The molecule has 0 amide bonds. The van der Waals surface area contributed by atoms with E-state index in [1.165, 1.54) is 6.92 Å². The molecule has 0 unspecified atom stereocenters. The Labute approximate surface area is 202 Å². The van der Waals surface area contributed by atoms with Crippen LogP contribution in [0.15, 0.2) is 60.7 Å². The lowest BCUT2D eigenvalue weighted by Gasteiger charge is -2.44. The molecule has 2 aromatic carbocycles. The Hall–Kier alpha value is -2.29. The van der Waals surface area contributed by atoms with Crippen molar-refractivity contribution in [3.05, 3.63) is 71.8 Å². The van der Waals surface area contributed by atoms with E-state index in [4.69, 9.17) is 29.4 Å². The Morgan fingerprint density at radius 1 is 0.912 bits per heavy atom. The van der Waals surface area contributed by atoms with E-state index in [9.17, 15) is 4.79 Å². The highest BCUT2D eigenvalue weighted by Crippen LogP contribution is 2.27. The van der Waals surface area contributed by atoms with Crippen molar-refractivity contribution in [1.82, 2.24) is 0 Å². The van der Waals surface area contributed by atoms with Crippen LogP contribution in [-0.2, 0) is 41.7 Å². The number of rotatable bonds is 13.